The number of nitrogens with one attached hydrogen (secondary N) is 1. The van der Waals surface area contributed by atoms with Crippen molar-refractivity contribution >= 4 is 23.6 Å². The van der Waals surface area contributed by atoms with Crippen molar-refractivity contribution in [2.75, 3.05) is 5.32 Å². The van der Waals surface area contributed by atoms with Gasteiger partial charge in [-0.15, -0.1) is 0 Å². The molecule has 5 nitrogen and oxygen atoms in total. The van der Waals surface area contributed by atoms with Gasteiger partial charge >= 0.3 is 0 Å². The number of nitrogens with two attached hydrogens (primary N) is 1. The third kappa shape index (κ3) is 3.66. The maximum atomic E-state index is 9.00. The van der Waals surface area contributed by atoms with Gasteiger partial charge in [-0.2, -0.15) is 5.26 Å². The normalized spacial score (nSPS) is 10.1. The van der Waals surface area contributed by atoms with E-state index in [0.29, 0.717) is 11.5 Å². The van der Waals surface area contributed by atoms with Crippen LogP contribution in [0.3, 0.4) is 0 Å². The molecule has 0 fully saturated rings. The molecule has 0 saturated carbocycles. The van der Waals surface area contributed by atoms with Crippen LogP contribution in [0.4, 0.5) is 11.6 Å². The molecule has 0 aliphatic rings. The second-order valence-electron chi connectivity index (χ2n) is 4.73. The fourth-order valence-corrected chi connectivity index (χ4v) is 2.46. The number of hydrogen-bond donors (Lipinski definition) is 2. The number of aromatic nitrogens is 2. The van der Waals surface area contributed by atoms with Crippen LogP contribution in [-0.2, 0) is 0 Å². The van der Waals surface area contributed by atoms with Crippen molar-refractivity contribution in [3.8, 4) is 17.3 Å². The minimum atomic E-state index is 0.490. The summed E-state index contributed by atoms with van der Waals surface area (Å²) in [5, 5.41) is 17.7. The number of nitriles is 1. The first kappa shape index (κ1) is 15.0. The SMILES string of the molecule is N#Cc1cccc(-c2ccnc(Nc3cccc(SN)c3)n2)c1. The third-order valence-electron chi connectivity index (χ3n) is 3.17. The van der Waals surface area contributed by atoms with Gasteiger partial charge in [0.25, 0.3) is 0 Å². The van der Waals surface area contributed by atoms with Crippen LogP contribution in [0.15, 0.2) is 65.7 Å². The Balaban J connectivity index is 1.89. The van der Waals surface area contributed by atoms with Crippen LogP contribution in [0, 0.1) is 11.3 Å². The van der Waals surface area contributed by atoms with E-state index in [1.807, 2.05) is 42.5 Å². The zero-order valence-electron chi connectivity index (χ0n) is 12.1. The van der Waals surface area contributed by atoms with Crippen molar-refractivity contribution < 1.29 is 0 Å². The molecule has 2 aromatic carbocycles. The van der Waals surface area contributed by atoms with E-state index in [1.54, 1.807) is 18.3 Å². The highest BCUT2D eigenvalue weighted by atomic mass is 32.2. The first-order valence-corrected chi connectivity index (χ1v) is 7.74. The van der Waals surface area contributed by atoms with Gasteiger partial charge in [-0.05, 0) is 48.3 Å². The summed E-state index contributed by atoms with van der Waals surface area (Å²) in [5.74, 6) is 0.490. The summed E-state index contributed by atoms with van der Waals surface area (Å²) in [4.78, 5) is 9.68. The van der Waals surface area contributed by atoms with Crippen LogP contribution in [-0.4, -0.2) is 9.97 Å². The Morgan fingerprint density at radius 3 is 2.78 bits per heavy atom. The van der Waals surface area contributed by atoms with Crippen molar-refractivity contribution in [3.05, 3.63) is 66.4 Å². The Morgan fingerprint density at radius 2 is 1.96 bits per heavy atom. The van der Waals surface area contributed by atoms with Crippen molar-refractivity contribution in [2.24, 2.45) is 5.14 Å². The lowest BCUT2D eigenvalue weighted by molar-refractivity contribution is 1.17. The molecule has 3 rings (SSSR count). The maximum Gasteiger partial charge on any atom is 0.227 e. The Morgan fingerprint density at radius 1 is 1.09 bits per heavy atom. The van der Waals surface area contributed by atoms with Crippen molar-refractivity contribution in [1.82, 2.24) is 9.97 Å². The molecule has 0 spiro atoms. The number of rotatable bonds is 4. The summed E-state index contributed by atoms with van der Waals surface area (Å²) < 4.78 is 0. The topological polar surface area (TPSA) is 87.6 Å². The van der Waals surface area contributed by atoms with Gasteiger partial charge in [0, 0.05) is 22.3 Å². The quantitative estimate of drug-likeness (QED) is 0.713. The minimum Gasteiger partial charge on any atom is -0.324 e. The summed E-state index contributed by atoms with van der Waals surface area (Å²) in [5.41, 5.74) is 3.09. The molecule has 0 atom stereocenters. The van der Waals surface area contributed by atoms with Gasteiger partial charge in [0.15, 0.2) is 0 Å². The van der Waals surface area contributed by atoms with Crippen LogP contribution >= 0.6 is 11.9 Å². The summed E-state index contributed by atoms with van der Waals surface area (Å²) in [6.07, 6.45) is 1.69. The average molecular weight is 319 g/mol. The highest BCUT2D eigenvalue weighted by Gasteiger charge is 2.04. The molecule has 0 saturated heterocycles. The fraction of sp³-hybridized carbons (Fsp3) is 0. The molecule has 0 radical (unpaired) electrons. The molecule has 0 amide bonds. The standard InChI is InChI=1S/C17H13N5S/c18-11-12-3-1-4-13(9-12)16-7-8-20-17(22-16)21-14-5-2-6-15(10-14)23-19/h1-10H,19H2,(H,20,21,22). The Bertz CT molecular complexity index is 873. The van der Waals surface area contributed by atoms with E-state index >= 15 is 0 Å². The predicted molar refractivity (Wildman–Crippen MR) is 92.0 cm³/mol. The molecule has 3 aromatic rings. The van der Waals surface area contributed by atoms with Crippen LogP contribution in [0.1, 0.15) is 5.56 Å². The van der Waals surface area contributed by atoms with Gasteiger partial charge in [0.2, 0.25) is 5.95 Å². The van der Waals surface area contributed by atoms with Gasteiger partial charge in [-0.3, -0.25) is 5.14 Å². The van der Waals surface area contributed by atoms with Gasteiger partial charge in [0.1, 0.15) is 0 Å². The summed E-state index contributed by atoms with van der Waals surface area (Å²) in [7, 11) is 0. The first-order chi connectivity index (χ1) is 11.3. The second-order valence-corrected chi connectivity index (χ2v) is 5.44. The lowest BCUT2D eigenvalue weighted by Crippen LogP contribution is -1.98. The summed E-state index contributed by atoms with van der Waals surface area (Å²) in [6.45, 7) is 0. The van der Waals surface area contributed by atoms with Crippen LogP contribution in [0.2, 0.25) is 0 Å². The molecule has 1 heterocycles. The smallest absolute Gasteiger partial charge is 0.227 e. The molecule has 0 aliphatic carbocycles. The number of hydrogen-bond acceptors (Lipinski definition) is 6. The molecule has 1 aromatic heterocycles. The minimum absolute atomic E-state index is 0.490. The van der Waals surface area contributed by atoms with E-state index in [4.69, 9.17) is 10.4 Å². The zero-order chi connectivity index (χ0) is 16.1. The van der Waals surface area contributed by atoms with Gasteiger partial charge in [-0.25, -0.2) is 9.97 Å². The van der Waals surface area contributed by atoms with E-state index in [-0.39, 0.29) is 0 Å². The Labute approximate surface area is 138 Å². The van der Waals surface area contributed by atoms with E-state index in [0.717, 1.165) is 21.8 Å². The molecule has 3 N–H and O–H groups in total. The molecule has 112 valence electrons. The van der Waals surface area contributed by atoms with Gasteiger partial charge < -0.3 is 5.32 Å². The second kappa shape index (κ2) is 6.92. The van der Waals surface area contributed by atoms with Crippen LogP contribution in [0.25, 0.3) is 11.3 Å². The number of anilines is 2. The van der Waals surface area contributed by atoms with E-state index in [2.05, 4.69) is 21.4 Å². The Kier molecular flexibility index (Phi) is 4.52. The monoisotopic (exact) mass is 319 g/mol. The van der Waals surface area contributed by atoms with Crippen LogP contribution < -0.4 is 10.5 Å². The third-order valence-corrected chi connectivity index (χ3v) is 3.70. The van der Waals surface area contributed by atoms with Crippen molar-refractivity contribution in [1.29, 1.82) is 5.26 Å². The first-order valence-electron chi connectivity index (χ1n) is 6.86. The highest BCUT2D eigenvalue weighted by Crippen LogP contribution is 2.22. The van der Waals surface area contributed by atoms with Crippen LogP contribution in [0.5, 0.6) is 0 Å². The molecular formula is C17H13N5S. The largest absolute Gasteiger partial charge is 0.324 e. The van der Waals surface area contributed by atoms with E-state index < -0.39 is 0 Å². The molecule has 0 aliphatic heterocycles. The van der Waals surface area contributed by atoms with E-state index in [9.17, 15) is 0 Å². The molecule has 23 heavy (non-hydrogen) atoms. The van der Waals surface area contributed by atoms with Crippen molar-refractivity contribution in [3.63, 3.8) is 0 Å². The molecular weight excluding hydrogens is 306 g/mol. The summed E-state index contributed by atoms with van der Waals surface area (Å²) >= 11 is 1.19. The highest BCUT2D eigenvalue weighted by molar-refractivity contribution is 7.97. The zero-order valence-corrected chi connectivity index (χ0v) is 12.9. The fourth-order valence-electron chi connectivity index (χ4n) is 2.10. The summed E-state index contributed by atoms with van der Waals surface area (Å²) in [6, 6.07) is 19.0. The molecule has 0 bridgehead atoms. The molecule has 0 unspecified atom stereocenters. The average Bonchev–Trinajstić information content (AvgIpc) is 2.62. The van der Waals surface area contributed by atoms with Gasteiger partial charge in [0.05, 0.1) is 17.3 Å². The number of benzene rings is 2. The predicted octanol–water partition coefficient (Wildman–Crippen LogP) is 3.72. The lowest BCUT2D eigenvalue weighted by Gasteiger charge is -2.07. The lowest BCUT2D eigenvalue weighted by atomic mass is 10.1. The Hall–Kier alpha value is -2.88. The van der Waals surface area contributed by atoms with Gasteiger partial charge in [-0.1, -0.05) is 18.2 Å². The van der Waals surface area contributed by atoms with Crippen molar-refractivity contribution in [2.45, 2.75) is 4.90 Å². The molecule has 6 heteroatoms. The van der Waals surface area contributed by atoms with E-state index in [1.165, 1.54) is 11.9 Å². The number of nitrogens with zero attached hydrogens (tertiary/aromatic N) is 3. The maximum absolute atomic E-state index is 9.00.